The zero-order chi connectivity index (χ0) is 23.8. The number of alkyl halides is 6. The van der Waals surface area contributed by atoms with Crippen LogP contribution in [0.5, 0.6) is 0 Å². The van der Waals surface area contributed by atoms with Gasteiger partial charge in [-0.1, -0.05) is 24.3 Å². The van der Waals surface area contributed by atoms with E-state index in [1.165, 1.54) is 22.9 Å². The van der Waals surface area contributed by atoms with Gasteiger partial charge in [0.05, 0.1) is 5.56 Å². The summed E-state index contributed by atoms with van der Waals surface area (Å²) in [7, 11) is 1.55. The first kappa shape index (κ1) is 22.3. The van der Waals surface area contributed by atoms with E-state index in [2.05, 4.69) is 20.4 Å². The second-order valence-corrected chi connectivity index (χ2v) is 7.09. The molecule has 1 N–H and O–H groups in total. The highest BCUT2D eigenvalue weighted by Crippen LogP contribution is 2.33. The molecule has 2 heterocycles. The average Bonchev–Trinajstić information content (AvgIpc) is 3.13. The van der Waals surface area contributed by atoms with E-state index in [0.29, 0.717) is 16.8 Å². The van der Waals surface area contributed by atoms with Gasteiger partial charge in [0.25, 0.3) is 0 Å². The summed E-state index contributed by atoms with van der Waals surface area (Å²) in [5.41, 5.74) is -0.0786. The highest BCUT2D eigenvalue weighted by molar-refractivity contribution is 5.68. The third-order valence-electron chi connectivity index (χ3n) is 4.74. The lowest BCUT2D eigenvalue weighted by molar-refractivity contribution is -0.141. The number of nitrogens with zero attached hydrogens (tertiary/aromatic N) is 4. The van der Waals surface area contributed by atoms with Crippen LogP contribution in [0.25, 0.3) is 22.5 Å². The molecule has 0 unspecified atom stereocenters. The molecule has 0 aliphatic heterocycles. The lowest BCUT2D eigenvalue weighted by Gasteiger charge is -2.08. The first-order chi connectivity index (χ1) is 15.5. The Balaban J connectivity index is 1.54. The SMILES string of the molecule is Cn1nc(Nc2ccc(-c3ccnc(C(F)(F)F)c3)cc2)nc1-c1cccc(C(F)(F)F)c1. The Morgan fingerprint density at radius 1 is 0.788 bits per heavy atom. The van der Waals surface area contributed by atoms with Crippen LogP contribution in [0.4, 0.5) is 38.0 Å². The average molecular weight is 463 g/mol. The van der Waals surface area contributed by atoms with Gasteiger partial charge in [-0.2, -0.15) is 31.3 Å². The molecule has 0 bridgehead atoms. The van der Waals surface area contributed by atoms with Crippen LogP contribution in [0, 0.1) is 0 Å². The molecule has 0 aliphatic carbocycles. The topological polar surface area (TPSA) is 55.6 Å². The molecule has 0 amide bonds. The molecule has 170 valence electrons. The summed E-state index contributed by atoms with van der Waals surface area (Å²) >= 11 is 0. The number of nitrogens with one attached hydrogen (secondary N) is 1. The number of aryl methyl sites for hydroxylation is 1. The Bertz CT molecular complexity index is 1280. The number of halogens is 6. The minimum Gasteiger partial charge on any atom is -0.323 e. The fourth-order valence-electron chi connectivity index (χ4n) is 3.16. The number of pyridine rings is 1. The third-order valence-corrected chi connectivity index (χ3v) is 4.74. The smallest absolute Gasteiger partial charge is 0.323 e. The second kappa shape index (κ2) is 8.23. The van der Waals surface area contributed by atoms with E-state index in [1.807, 2.05) is 0 Å². The summed E-state index contributed by atoms with van der Waals surface area (Å²) in [6.45, 7) is 0. The van der Waals surface area contributed by atoms with Gasteiger partial charge in [-0.05, 0) is 47.5 Å². The van der Waals surface area contributed by atoms with E-state index >= 15 is 0 Å². The summed E-state index contributed by atoms with van der Waals surface area (Å²) in [5.74, 6) is 0.387. The molecule has 2 aromatic carbocycles. The van der Waals surface area contributed by atoms with Gasteiger partial charge in [-0.25, -0.2) is 4.68 Å². The highest BCUT2D eigenvalue weighted by Gasteiger charge is 2.32. The van der Waals surface area contributed by atoms with Crippen LogP contribution < -0.4 is 5.32 Å². The van der Waals surface area contributed by atoms with Gasteiger partial charge in [0.2, 0.25) is 5.95 Å². The van der Waals surface area contributed by atoms with E-state index in [9.17, 15) is 26.3 Å². The Morgan fingerprint density at radius 2 is 1.52 bits per heavy atom. The molecular formula is C22H15F6N5. The Hall–Kier alpha value is -3.89. The number of hydrogen-bond acceptors (Lipinski definition) is 4. The fourth-order valence-corrected chi connectivity index (χ4v) is 3.16. The Kier molecular flexibility index (Phi) is 5.56. The standard InChI is InChI=1S/C22H15F6N5/c1-33-19(15-3-2-4-16(11-15)21(23,24)25)31-20(32-33)30-17-7-5-13(6-8-17)14-9-10-29-18(12-14)22(26,27)28/h2-12H,1H3,(H,30,32). The fraction of sp³-hybridized carbons (Fsp3) is 0.136. The van der Waals surface area contributed by atoms with Crippen molar-refractivity contribution < 1.29 is 26.3 Å². The van der Waals surface area contributed by atoms with Crippen molar-refractivity contribution in [2.24, 2.45) is 7.05 Å². The van der Waals surface area contributed by atoms with Crippen molar-refractivity contribution in [2.45, 2.75) is 12.4 Å². The van der Waals surface area contributed by atoms with Crippen molar-refractivity contribution in [2.75, 3.05) is 5.32 Å². The summed E-state index contributed by atoms with van der Waals surface area (Å²) in [6.07, 6.45) is -7.93. The monoisotopic (exact) mass is 463 g/mol. The van der Waals surface area contributed by atoms with Crippen LogP contribution in [0.2, 0.25) is 0 Å². The zero-order valence-electron chi connectivity index (χ0n) is 16.9. The molecule has 0 radical (unpaired) electrons. The molecule has 4 aromatic rings. The first-order valence-corrected chi connectivity index (χ1v) is 9.50. The van der Waals surface area contributed by atoms with Gasteiger partial charge < -0.3 is 5.32 Å². The van der Waals surface area contributed by atoms with E-state index in [0.717, 1.165) is 24.4 Å². The normalized spacial score (nSPS) is 12.1. The Morgan fingerprint density at radius 3 is 2.18 bits per heavy atom. The lowest BCUT2D eigenvalue weighted by Crippen LogP contribution is -2.07. The van der Waals surface area contributed by atoms with Crippen LogP contribution in [-0.2, 0) is 19.4 Å². The molecule has 33 heavy (non-hydrogen) atoms. The summed E-state index contributed by atoms with van der Waals surface area (Å²) < 4.78 is 79.0. The summed E-state index contributed by atoms with van der Waals surface area (Å²) in [4.78, 5) is 7.60. The van der Waals surface area contributed by atoms with Gasteiger partial charge in [-0.15, -0.1) is 5.10 Å². The first-order valence-electron chi connectivity index (χ1n) is 9.50. The maximum Gasteiger partial charge on any atom is 0.433 e. The number of aromatic nitrogens is 4. The molecule has 0 aliphatic rings. The lowest BCUT2D eigenvalue weighted by atomic mass is 10.1. The van der Waals surface area contributed by atoms with E-state index in [1.54, 1.807) is 31.3 Å². The predicted octanol–water partition coefficient (Wildman–Crippen LogP) is 6.33. The van der Waals surface area contributed by atoms with Gasteiger partial charge in [0.15, 0.2) is 5.82 Å². The van der Waals surface area contributed by atoms with Crippen molar-refractivity contribution in [3.05, 3.63) is 78.1 Å². The predicted molar refractivity (Wildman–Crippen MR) is 109 cm³/mol. The molecule has 4 rings (SSSR count). The third kappa shape index (κ3) is 4.97. The van der Waals surface area contributed by atoms with Crippen molar-refractivity contribution in [3.8, 4) is 22.5 Å². The summed E-state index contributed by atoms with van der Waals surface area (Å²) in [6, 6.07) is 13.7. The van der Waals surface area contributed by atoms with Crippen LogP contribution in [0.1, 0.15) is 11.3 Å². The maximum absolute atomic E-state index is 13.0. The molecule has 0 atom stereocenters. The molecular weight excluding hydrogens is 448 g/mol. The molecule has 0 saturated heterocycles. The molecule has 0 fully saturated rings. The van der Waals surface area contributed by atoms with Gasteiger partial charge in [-0.3, -0.25) is 4.98 Å². The minimum atomic E-state index is -4.54. The van der Waals surface area contributed by atoms with E-state index < -0.39 is 23.6 Å². The van der Waals surface area contributed by atoms with Gasteiger partial charge in [0.1, 0.15) is 5.69 Å². The van der Waals surface area contributed by atoms with E-state index in [4.69, 9.17) is 0 Å². The van der Waals surface area contributed by atoms with Crippen molar-refractivity contribution in [3.63, 3.8) is 0 Å². The van der Waals surface area contributed by atoms with Crippen LogP contribution >= 0.6 is 0 Å². The van der Waals surface area contributed by atoms with Crippen LogP contribution in [-0.4, -0.2) is 19.7 Å². The van der Waals surface area contributed by atoms with Crippen LogP contribution in [0.15, 0.2) is 66.9 Å². The molecule has 0 saturated carbocycles. The van der Waals surface area contributed by atoms with Crippen molar-refractivity contribution in [1.82, 2.24) is 19.7 Å². The molecule has 11 heteroatoms. The summed E-state index contributed by atoms with van der Waals surface area (Å²) in [5, 5.41) is 7.11. The quantitative estimate of drug-likeness (QED) is 0.360. The van der Waals surface area contributed by atoms with E-state index in [-0.39, 0.29) is 17.3 Å². The molecule has 0 spiro atoms. The number of rotatable bonds is 4. The van der Waals surface area contributed by atoms with Crippen molar-refractivity contribution in [1.29, 1.82) is 0 Å². The van der Waals surface area contributed by atoms with Gasteiger partial charge >= 0.3 is 12.4 Å². The zero-order valence-corrected chi connectivity index (χ0v) is 16.9. The largest absolute Gasteiger partial charge is 0.433 e. The maximum atomic E-state index is 13.0. The van der Waals surface area contributed by atoms with Crippen LogP contribution in [0.3, 0.4) is 0 Å². The molecule has 5 nitrogen and oxygen atoms in total. The number of anilines is 2. The minimum absolute atomic E-state index is 0.154. The van der Waals surface area contributed by atoms with Crippen molar-refractivity contribution >= 4 is 11.6 Å². The van der Waals surface area contributed by atoms with Gasteiger partial charge in [0, 0.05) is 24.5 Å². The number of hydrogen-bond donors (Lipinski definition) is 1. The second-order valence-electron chi connectivity index (χ2n) is 7.09. The molecule has 2 aromatic heterocycles. The number of benzene rings is 2. The Labute approximate surface area is 183 Å². The highest BCUT2D eigenvalue weighted by atomic mass is 19.4.